The number of likely N-dealkylation sites (N-methyl/N-ethyl adjacent to an activating group) is 4. The average Bonchev–Trinajstić information content (AvgIpc) is 3.91. The van der Waals surface area contributed by atoms with Crippen LogP contribution >= 0.6 is 0 Å². The van der Waals surface area contributed by atoms with E-state index < -0.39 is 137 Å². The molecule has 11 atom stereocenters. The molecule has 0 bridgehead atoms. The van der Waals surface area contributed by atoms with Crippen LogP contribution in [-0.2, 0) is 60.7 Å². The molecule has 18 heteroatoms. The summed E-state index contributed by atoms with van der Waals surface area (Å²) in [6, 6.07) is 9.08. The van der Waals surface area contributed by atoms with Crippen molar-refractivity contribution in [3.63, 3.8) is 0 Å². The van der Waals surface area contributed by atoms with Crippen molar-refractivity contribution in [3.8, 4) is 0 Å². The zero-order valence-electron chi connectivity index (χ0n) is 49.4. The van der Waals surface area contributed by atoms with Gasteiger partial charge in [0.25, 0.3) is 5.91 Å². The number of nitrogens with zero attached hydrogens (tertiary/aromatic N) is 5. The summed E-state index contributed by atoms with van der Waals surface area (Å²) in [6.07, 6.45) is 0.484. The van der Waals surface area contributed by atoms with Crippen molar-refractivity contribution in [2.24, 2.45) is 35.5 Å². The van der Waals surface area contributed by atoms with Gasteiger partial charge in [0.05, 0.1) is 0 Å². The molecule has 78 heavy (non-hydrogen) atoms. The molecule has 3 N–H and O–H groups in total. The molecule has 2 aromatic carbocycles. The summed E-state index contributed by atoms with van der Waals surface area (Å²) in [5.41, 5.74) is 1.46. The number of carbonyl (C=O) groups is 9. The van der Waals surface area contributed by atoms with Crippen molar-refractivity contribution < 1.29 is 47.9 Å². The van der Waals surface area contributed by atoms with Gasteiger partial charge in [0.15, 0.2) is 6.10 Å². The Bertz CT molecular complexity index is 2380. The Morgan fingerprint density at radius 1 is 0.513 bits per heavy atom. The quantitative estimate of drug-likeness (QED) is 0.222. The van der Waals surface area contributed by atoms with Gasteiger partial charge in [-0.15, -0.1) is 0 Å². The van der Waals surface area contributed by atoms with Gasteiger partial charge in [0, 0.05) is 53.5 Å². The average molecular weight is 1090 g/mol. The highest BCUT2D eigenvalue weighted by molar-refractivity contribution is 5.99. The van der Waals surface area contributed by atoms with Crippen LogP contribution in [0.2, 0.25) is 0 Å². The first-order valence-electron chi connectivity index (χ1n) is 28.2. The molecular weight excluding hydrogens is 993 g/mol. The summed E-state index contributed by atoms with van der Waals surface area (Å²) in [5, 5.41) is 8.90. The number of cyclic esters (lactones) is 1. The van der Waals surface area contributed by atoms with Crippen LogP contribution in [0.3, 0.4) is 0 Å². The Morgan fingerprint density at radius 3 is 1.46 bits per heavy atom. The number of esters is 1. The molecule has 0 aliphatic carbocycles. The van der Waals surface area contributed by atoms with E-state index in [9.17, 15) is 33.6 Å². The highest BCUT2D eigenvalue weighted by atomic mass is 16.6. The van der Waals surface area contributed by atoms with Gasteiger partial charge in [0.1, 0.15) is 48.3 Å². The SMILES string of the molecule is CCC(C)C1NC(=O)C2CCCN2C(=O)C(Cc2ccccc2)N(C)C(=O)C(Cc2ccccc2)NC(=O)C(C(C)C)N(C)C(=O)C(C(C)CC)OC(=O)C(C(C)C)N(C)C(=O)C(CC(C)C)NC(=O)C(C(C)C)N(C)C1=O. The van der Waals surface area contributed by atoms with Gasteiger partial charge in [-0.1, -0.05) is 150 Å². The van der Waals surface area contributed by atoms with Crippen LogP contribution < -0.4 is 16.0 Å². The predicted octanol–water partition coefficient (Wildman–Crippen LogP) is 5.26. The molecule has 2 heterocycles. The van der Waals surface area contributed by atoms with Crippen LogP contribution in [0.4, 0.5) is 0 Å². The second-order valence-corrected chi connectivity index (χ2v) is 23.3. The first-order valence-corrected chi connectivity index (χ1v) is 28.2. The number of benzene rings is 2. The number of amides is 8. The Kier molecular flexibility index (Phi) is 23.9. The summed E-state index contributed by atoms with van der Waals surface area (Å²) < 4.78 is 6.19. The second kappa shape index (κ2) is 29.0. The van der Waals surface area contributed by atoms with Crippen LogP contribution in [0.25, 0.3) is 0 Å². The molecule has 0 spiro atoms. The minimum Gasteiger partial charge on any atom is -0.450 e. The number of hydrogen-bond acceptors (Lipinski definition) is 10. The maximum Gasteiger partial charge on any atom is 0.329 e. The number of hydrogen-bond donors (Lipinski definition) is 3. The summed E-state index contributed by atoms with van der Waals surface area (Å²) in [7, 11) is 5.92. The lowest BCUT2D eigenvalue weighted by atomic mass is 9.94. The number of fused-ring (bicyclic) bond motifs is 1. The summed E-state index contributed by atoms with van der Waals surface area (Å²) in [4.78, 5) is 141. The third kappa shape index (κ3) is 15.9. The molecule has 8 amide bonds. The third-order valence-corrected chi connectivity index (χ3v) is 15.8. The largest absolute Gasteiger partial charge is 0.450 e. The molecule has 0 saturated carbocycles. The molecule has 0 radical (unpaired) electrons. The van der Waals surface area contributed by atoms with Crippen molar-refractivity contribution in [1.82, 2.24) is 40.4 Å². The molecule has 2 aliphatic rings. The van der Waals surface area contributed by atoms with Crippen molar-refractivity contribution in [3.05, 3.63) is 71.8 Å². The number of rotatable bonds is 13. The van der Waals surface area contributed by atoms with E-state index in [2.05, 4.69) is 16.0 Å². The minimum atomic E-state index is -1.40. The molecule has 432 valence electrons. The fourth-order valence-electron chi connectivity index (χ4n) is 10.9. The number of ether oxygens (including phenoxy) is 1. The molecule has 11 unspecified atom stereocenters. The first kappa shape index (κ1) is 64.2. The normalized spacial score (nSPS) is 26.5. The Balaban J connectivity index is 1.96. The number of carbonyl (C=O) groups excluding carboxylic acids is 9. The highest BCUT2D eigenvalue weighted by Crippen LogP contribution is 2.27. The van der Waals surface area contributed by atoms with Crippen LogP contribution in [0, 0.1) is 35.5 Å². The standard InChI is InChI=1S/C60H92N8O10/c1-17-39(11)47-58(75)65(14)48(36(5)6)53(70)61-43(32-35(3)4)56(73)67(16)50(38(9)10)60(77)78-51(40(12)18-2)59(76)66(15)49(37(7)8)54(71)62-44(33-41-26-21-19-22-27-41)55(72)64(13)46(34-42-28-23-20-24-29-42)57(74)68-31-25-30-45(68)52(69)63-47/h19-24,26-29,35-40,43-51H,17-18,25,30-34H2,1-16H3,(H,61,70)(H,62,71)(H,63,69). The van der Waals surface area contributed by atoms with Gasteiger partial charge in [-0.05, 0) is 66.4 Å². The monoisotopic (exact) mass is 1080 g/mol. The Morgan fingerprint density at radius 2 is 0.974 bits per heavy atom. The highest BCUT2D eigenvalue weighted by Gasteiger charge is 2.46. The molecule has 0 aromatic heterocycles. The topological polar surface area (TPSA) is 215 Å². The fourth-order valence-corrected chi connectivity index (χ4v) is 10.9. The minimum absolute atomic E-state index is 0.0193. The maximum absolute atomic E-state index is 15.3. The van der Waals surface area contributed by atoms with Crippen molar-refractivity contribution >= 4 is 53.2 Å². The first-order chi connectivity index (χ1) is 36.7. The van der Waals surface area contributed by atoms with Gasteiger partial charge in [0.2, 0.25) is 41.4 Å². The molecule has 2 saturated heterocycles. The predicted molar refractivity (Wildman–Crippen MR) is 300 cm³/mol. The van der Waals surface area contributed by atoms with Crippen LogP contribution in [0.1, 0.15) is 126 Å². The summed E-state index contributed by atoms with van der Waals surface area (Å²) in [5.74, 6) is -8.18. The third-order valence-electron chi connectivity index (χ3n) is 15.8. The fraction of sp³-hybridized carbons (Fsp3) is 0.650. The van der Waals surface area contributed by atoms with E-state index in [0.717, 1.165) is 5.56 Å². The van der Waals surface area contributed by atoms with Gasteiger partial charge in [-0.25, -0.2) is 4.79 Å². The van der Waals surface area contributed by atoms with Gasteiger partial charge in [-0.2, -0.15) is 0 Å². The zero-order chi connectivity index (χ0) is 58.5. The molecule has 4 rings (SSSR count). The molecular formula is C60H92N8O10. The lowest BCUT2D eigenvalue weighted by Gasteiger charge is -2.38. The van der Waals surface area contributed by atoms with Crippen LogP contribution in [-0.4, -0.2) is 167 Å². The van der Waals surface area contributed by atoms with E-state index in [4.69, 9.17) is 4.74 Å². The molecule has 2 fully saturated rings. The number of nitrogens with one attached hydrogen (secondary N) is 3. The molecule has 2 aliphatic heterocycles. The van der Waals surface area contributed by atoms with Crippen molar-refractivity contribution in [2.75, 3.05) is 34.7 Å². The van der Waals surface area contributed by atoms with Gasteiger partial charge >= 0.3 is 5.97 Å². The maximum atomic E-state index is 15.3. The van der Waals surface area contributed by atoms with E-state index in [-0.39, 0.29) is 38.1 Å². The second-order valence-electron chi connectivity index (χ2n) is 23.3. The van der Waals surface area contributed by atoms with Gasteiger partial charge < -0.3 is 45.2 Å². The lowest BCUT2D eigenvalue weighted by molar-refractivity contribution is -0.172. The molecule has 18 nitrogen and oxygen atoms in total. The zero-order valence-corrected chi connectivity index (χ0v) is 49.4. The van der Waals surface area contributed by atoms with Crippen LogP contribution in [0.15, 0.2) is 60.7 Å². The molecule has 2 aromatic rings. The van der Waals surface area contributed by atoms with Crippen molar-refractivity contribution in [2.45, 2.75) is 182 Å². The van der Waals surface area contributed by atoms with E-state index in [1.165, 1.54) is 52.7 Å². The van der Waals surface area contributed by atoms with Crippen molar-refractivity contribution in [1.29, 1.82) is 0 Å². The summed E-state index contributed by atoms with van der Waals surface area (Å²) in [6.45, 7) is 21.9. The Labute approximate surface area is 464 Å². The van der Waals surface area contributed by atoms with E-state index >= 15 is 9.59 Å². The van der Waals surface area contributed by atoms with E-state index in [1.807, 2.05) is 95.3 Å². The summed E-state index contributed by atoms with van der Waals surface area (Å²) >= 11 is 0. The Hall–Kier alpha value is -6.33. The van der Waals surface area contributed by atoms with E-state index in [1.54, 1.807) is 48.5 Å². The van der Waals surface area contributed by atoms with Crippen LogP contribution in [0.5, 0.6) is 0 Å². The van der Waals surface area contributed by atoms with E-state index in [0.29, 0.717) is 24.8 Å². The van der Waals surface area contributed by atoms with Gasteiger partial charge in [-0.3, -0.25) is 38.4 Å². The smallest absolute Gasteiger partial charge is 0.329 e. The lowest BCUT2D eigenvalue weighted by Crippen LogP contribution is -2.62.